The molecule has 10 heteroatoms. The van der Waals surface area contributed by atoms with Crippen LogP contribution < -0.4 is 11.1 Å². The fraction of sp³-hybridized carbons (Fsp3) is 1.00. The SMILES string of the molecule is CCCC1(N)CNC1.CS(=O)(=O)O.CS(=O)(=O)O. The van der Waals surface area contributed by atoms with Crippen molar-refractivity contribution in [2.45, 2.75) is 25.3 Å². The molecule has 0 unspecified atom stereocenters. The topological polar surface area (TPSA) is 147 Å². The van der Waals surface area contributed by atoms with Gasteiger partial charge in [0.15, 0.2) is 0 Å². The van der Waals surface area contributed by atoms with Gasteiger partial charge in [0, 0.05) is 18.6 Å². The number of nitrogens with one attached hydrogen (secondary N) is 1. The first kappa shape index (κ1) is 20.1. The van der Waals surface area contributed by atoms with Crippen LogP contribution in [0, 0.1) is 0 Å². The second kappa shape index (κ2) is 8.02. The molecule has 1 heterocycles. The molecule has 0 atom stereocenters. The minimum Gasteiger partial charge on any atom is -0.323 e. The van der Waals surface area contributed by atoms with Crippen molar-refractivity contribution in [1.29, 1.82) is 0 Å². The normalized spacial score (nSPS) is 17.4. The molecule has 0 spiro atoms. The van der Waals surface area contributed by atoms with Crippen molar-refractivity contribution in [3.63, 3.8) is 0 Å². The van der Waals surface area contributed by atoms with E-state index >= 15 is 0 Å². The Morgan fingerprint density at radius 1 is 1.11 bits per heavy atom. The van der Waals surface area contributed by atoms with Gasteiger partial charge < -0.3 is 11.1 Å². The molecular weight excluding hydrogens is 284 g/mol. The molecule has 1 fully saturated rings. The molecule has 0 aromatic carbocycles. The Balaban J connectivity index is 0. The Morgan fingerprint density at radius 2 is 1.39 bits per heavy atom. The van der Waals surface area contributed by atoms with Crippen LogP contribution in [0.5, 0.6) is 0 Å². The van der Waals surface area contributed by atoms with Gasteiger partial charge in [-0.1, -0.05) is 13.3 Å². The zero-order chi connectivity index (χ0) is 15.0. The zero-order valence-electron chi connectivity index (χ0n) is 10.7. The van der Waals surface area contributed by atoms with Crippen LogP contribution in [0.4, 0.5) is 0 Å². The van der Waals surface area contributed by atoms with Crippen molar-refractivity contribution in [1.82, 2.24) is 5.32 Å². The fourth-order valence-corrected chi connectivity index (χ4v) is 1.12. The lowest BCUT2D eigenvalue weighted by Crippen LogP contribution is -2.65. The summed E-state index contributed by atoms with van der Waals surface area (Å²) >= 11 is 0. The van der Waals surface area contributed by atoms with Crippen LogP contribution in [0.25, 0.3) is 0 Å². The quantitative estimate of drug-likeness (QED) is 0.480. The summed E-state index contributed by atoms with van der Waals surface area (Å²) in [7, 11) is -7.33. The van der Waals surface area contributed by atoms with Crippen LogP contribution in [-0.2, 0) is 20.2 Å². The predicted molar refractivity (Wildman–Crippen MR) is 69.6 cm³/mol. The summed E-state index contributed by atoms with van der Waals surface area (Å²) in [6.07, 6.45) is 3.80. The van der Waals surface area contributed by atoms with E-state index in [-0.39, 0.29) is 5.54 Å². The van der Waals surface area contributed by atoms with E-state index in [1.807, 2.05) is 0 Å². The second-order valence-corrected chi connectivity index (χ2v) is 7.11. The van der Waals surface area contributed by atoms with Gasteiger partial charge in [-0.05, 0) is 6.42 Å². The summed E-state index contributed by atoms with van der Waals surface area (Å²) in [5.41, 5.74) is 6.01. The van der Waals surface area contributed by atoms with E-state index in [0.717, 1.165) is 13.1 Å². The summed E-state index contributed by atoms with van der Waals surface area (Å²) in [6, 6.07) is 0. The van der Waals surface area contributed by atoms with Crippen LogP contribution in [0.2, 0.25) is 0 Å². The summed E-state index contributed by atoms with van der Waals surface area (Å²) in [5, 5.41) is 3.16. The Morgan fingerprint density at radius 3 is 1.44 bits per heavy atom. The number of hydrogen-bond donors (Lipinski definition) is 4. The lowest BCUT2D eigenvalue weighted by atomic mass is 9.89. The highest BCUT2D eigenvalue weighted by Crippen LogP contribution is 2.12. The average molecular weight is 306 g/mol. The molecule has 1 saturated heterocycles. The maximum absolute atomic E-state index is 9.19. The maximum atomic E-state index is 9.19. The Labute approximate surface area is 108 Å². The molecule has 0 amide bonds. The van der Waals surface area contributed by atoms with Crippen molar-refractivity contribution in [3.05, 3.63) is 0 Å². The third-order valence-corrected chi connectivity index (χ3v) is 1.70. The van der Waals surface area contributed by atoms with E-state index in [1.165, 1.54) is 12.8 Å². The lowest BCUT2D eigenvalue weighted by molar-refractivity contribution is 0.260. The van der Waals surface area contributed by atoms with Crippen molar-refractivity contribution >= 4 is 20.2 Å². The largest absolute Gasteiger partial charge is 0.323 e. The van der Waals surface area contributed by atoms with Crippen molar-refractivity contribution in [2.24, 2.45) is 5.73 Å². The Hall–Kier alpha value is -0.260. The molecule has 1 rings (SSSR count). The van der Waals surface area contributed by atoms with Gasteiger partial charge in [0.1, 0.15) is 0 Å². The van der Waals surface area contributed by atoms with Crippen molar-refractivity contribution < 1.29 is 25.9 Å². The molecule has 1 aliphatic heterocycles. The molecule has 18 heavy (non-hydrogen) atoms. The third kappa shape index (κ3) is 24.8. The van der Waals surface area contributed by atoms with E-state index < -0.39 is 20.2 Å². The molecule has 0 saturated carbocycles. The summed E-state index contributed by atoms with van der Waals surface area (Å²) in [6.45, 7) is 4.20. The minimum atomic E-state index is -3.67. The highest BCUT2D eigenvalue weighted by Gasteiger charge is 2.30. The van der Waals surface area contributed by atoms with Gasteiger partial charge in [0.25, 0.3) is 20.2 Å². The number of rotatable bonds is 2. The fourth-order valence-electron chi connectivity index (χ4n) is 1.12. The van der Waals surface area contributed by atoms with E-state index in [1.54, 1.807) is 0 Å². The average Bonchev–Trinajstić information content (AvgIpc) is 1.95. The van der Waals surface area contributed by atoms with Gasteiger partial charge in [-0.15, -0.1) is 0 Å². The molecule has 0 radical (unpaired) electrons. The third-order valence-electron chi connectivity index (χ3n) is 1.70. The van der Waals surface area contributed by atoms with E-state index in [0.29, 0.717) is 12.5 Å². The molecule has 112 valence electrons. The first-order valence-corrected chi connectivity index (χ1v) is 8.81. The molecule has 0 bridgehead atoms. The van der Waals surface area contributed by atoms with E-state index in [2.05, 4.69) is 12.2 Å². The molecule has 0 aliphatic carbocycles. The Kier molecular flexibility index (Phi) is 8.94. The number of hydrogen-bond acceptors (Lipinski definition) is 6. The highest BCUT2D eigenvalue weighted by molar-refractivity contribution is 7.85. The maximum Gasteiger partial charge on any atom is 0.261 e. The standard InChI is InChI=1S/C6H14N2.2CH4O3S/c1-2-3-6(7)4-8-5-6;2*1-5(2,3)4/h8H,2-5,7H2,1H3;2*1H3,(H,2,3,4). The van der Waals surface area contributed by atoms with Gasteiger partial charge >= 0.3 is 0 Å². The van der Waals surface area contributed by atoms with Crippen LogP contribution >= 0.6 is 0 Å². The van der Waals surface area contributed by atoms with Gasteiger partial charge in [-0.2, -0.15) is 16.8 Å². The molecule has 0 aromatic heterocycles. The molecule has 1 aliphatic rings. The van der Waals surface area contributed by atoms with Gasteiger partial charge in [-0.25, -0.2) is 0 Å². The van der Waals surface area contributed by atoms with E-state index in [4.69, 9.17) is 14.8 Å². The Bertz CT molecular complexity index is 367. The first-order chi connectivity index (χ1) is 7.77. The molecule has 8 nitrogen and oxygen atoms in total. The second-order valence-electron chi connectivity index (χ2n) is 4.18. The smallest absolute Gasteiger partial charge is 0.261 e. The summed E-state index contributed by atoms with van der Waals surface area (Å²) in [5.74, 6) is 0. The van der Waals surface area contributed by atoms with Crippen LogP contribution in [0.15, 0.2) is 0 Å². The molecular formula is C8H22N2O6S2. The minimum absolute atomic E-state index is 0.161. The highest BCUT2D eigenvalue weighted by atomic mass is 32.2. The van der Waals surface area contributed by atoms with Gasteiger partial charge in [0.2, 0.25) is 0 Å². The summed E-state index contributed by atoms with van der Waals surface area (Å²) in [4.78, 5) is 0. The van der Waals surface area contributed by atoms with Crippen LogP contribution in [0.3, 0.4) is 0 Å². The molecule has 5 N–H and O–H groups in total. The van der Waals surface area contributed by atoms with Crippen molar-refractivity contribution in [3.8, 4) is 0 Å². The van der Waals surface area contributed by atoms with Crippen LogP contribution in [-0.4, -0.2) is 57.1 Å². The van der Waals surface area contributed by atoms with Crippen LogP contribution in [0.1, 0.15) is 19.8 Å². The summed E-state index contributed by atoms with van der Waals surface area (Å²) < 4.78 is 51.7. The first-order valence-electron chi connectivity index (χ1n) is 5.11. The van der Waals surface area contributed by atoms with Gasteiger partial charge in [-0.3, -0.25) is 9.11 Å². The van der Waals surface area contributed by atoms with E-state index in [9.17, 15) is 16.8 Å². The molecule has 0 aromatic rings. The van der Waals surface area contributed by atoms with Crippen molar-refractivity contribution in [2.75, 3.05) is 25.6 Å². The predicted octanol–water partition coefficient (Wildman–Crippen LogP) is -0.905. The monoisotopic (exact) mass is 306 g/mol. The number of nitrogens with two attached hydrogens (primary N) is 1. The lowest BCUT2D eigenvalue weighted by Gasteiger charge is -2.38. The van der Waals surface area contributed by atoms with Gasteiger partial charge in [0.05, 0.1) is 12.5 Å². The zero-order valence-corrected chi connectivity index (χ0v) is 12.4.